The van der Waals surface area contributed by atoms with Crippen molar-refractivity contribution in [1.29, 1.82) is 0 Å². The Morgan fingerprint density at radius 1 is 0.625 bits per heavy atom. The normalized spacial score (nSPS) is 42.0. The van der Waals surface area contributed by atoms with E-state index in [4.69, 9.17) is 4.74 Å². The minimum Gasteiger partial charge on any atom is -0.317 e. The van der Waals surface area contributed by atoms with E-state index in [0.29, 0.717) is 24.7 Å². The van der Waals surface area contributed by atoms with E-state index in [1.807, 2.05) is 0 Å². The Bertz CT molecular complexity index is 373. The fourth-order valence-corrected chi connectivity index (χ4v) is 5.35. The van der Waals surface area contributed by atoms with E-state index in [-0.39, 0.29) is 6.10 Å². The summed E-state index contributed by atoms with van der Waals surface area (Å²) in [5.74, 6) is 2.49. The Morgan fingerprint density at radius 2 is 1.04 bits per heavy atom. The van der Waals surface area contributed by atoms with Crippen LogP contribution in [0.2, 0.25) is 0 Å². The maximum Gasteiger partial charge on any atom is 0.358 e. The highest BCUT2D eigenvalue weighted by Gasteiger charge is 2.45. The fraction of sp³-hybridized carbons (Fsp3) is 1.00. The van der Waals surface area contributed by atoms with Crippen LogP contribution in [0.25, 0.3) is 0 Å². The molecule has 0 aliphatic heterocycles. The Labute approximate surface area is 146 Å². The minimum atomic E-state index is -2.91. The summed E-state index contributed by atoms with van der Waals surface area (Å²) in [4.78, 5) is 0. The van der Waals surface area contributed by atoms with Crippen molar-refractivity contribution in [3.05, 3.63) is 0 Å². The lowest BCUT2D eigenvalue weighted by Gasteiger charge is -2.40. The third-order valence-corrected chi connectivity index (χ3v) is 7.26. The number of hydrogen-bond acceptors (Lipinski definition) is 1. The molecule has 0 bridgehead atoms. The van der Waals surface area contributed by atoms with Crippen LogP contribution >= 0.6 is 0 Å². The van der Waals surface area contributed by atoms with Gasteiger partial charge >= 0.3 is 6.11 Å². The lowest BCUT2D eigenvalue weighted by Crippen LogP contribution is -2.39. The van der Waals surface area contributed by atoms with Crippen LogP contribution in [-0.2, 0) is 4.74 Å². The highest BCUT2D eigenvalue weighted by Crippen LogP contribution is 2.46. The van der Waals surface area contributed by atoms with E-state index >= 15 is 0 Å². The molecule has 3 fully saturated rings. The van der Waals surface area contributed by atoms with Crippen LogP contribution in [0.5, 0.6) is 0 Å². The number of rotatable bonds is 4. The summed E-state index contributed by atoms with van der Waals surface area (Å²) < 4.78 is 34.5. The van der Waals surface area contributed by atoms with Gasteiger partial charge in [-0.2, -0.15) is 8.78 Å². The third-order valence-electron chi connectivity index (χ3n) is 7.26. The zero-order valence-corrected chi connectivity index (χ0v) is 15.6. The molecule has 0 heterocycles. The Kier molecular flexibility index (Phi) is 6.21. The van der Waals surface area contributed by atoms with Gasteiger partial charge in [0.1, 0.15) is 0 Å². The van der Waals surface area contributed by atoms with E-state index in [9.17, 15) is 8.78 Å². The molecule has 3 rings (SSSR count). The van der Waals surface area contributed by atoms with E-state index in [1.165, 1.54) is 25.7 Å². The molecule has 24 heavy (non-hydrogen) atoms. The molecule has 1 nitrogen and oxygen atoms in total. The molecule has 140 valence electrons. The topological polar surface area (TPSA) is 9.23 Å². The van der Waals surface area contributed by atoms with Gasteiger partial charge in [0.05, 0.1) is 12.0 Å². The first-order chi connectivity index (χ1) is 11.4. The Hall–Kier alpha value is -0.180. The highest BCUT2D eigenvalue weighted by molar-refractivity contribution is 4.84. The van der Waals surface area contributed by atoms with Gasteiger partial charge in [-0.25, -0.2) is 0 Å². The maximum absolute atomic E-state index is 14.6. The molecule has 3 aliphatic rings. The van der Waals surface area contributed by atoms with Gasteiger partial charge in [0.25, 0.3) is 0 Å². The summed E-state index contributed by atoms with van der Waals surface area (Å²) in [6.07, 6.45) is 9.20. The van der Waals surface area contributed by atoms with Crippen LogP contribution in [0.3, 0.4) is 0 Å². The molecule has 0 unspecified atom stereocenters. The van der Waals surface area contributed by atoms with Crippen molar-refractivity contribution in [2.24, 2.45) is 29.6 Å². The SMILES string of the molecule is CC1CCC(OC(F)(F)C2CCC(C3CCC(C)CC3)CC2)CC1. The van der Waals surface area contributed by atoms with Crippen molar-refractivity contribution < 1.29 is 13.5 Å². The second kappa shape index (κ2) is 8.01. The van der Waals surface area contributed by atoms with Crippen LogP contribution in [0.1, 0.15) is 90.9 Å². The minimum absolute atomic E-state index is 0.214. The first-order valence-electron chi connectivity index (χ1n) is 10.5. The predicted molar refractivity (Wildman–Crippen MR) is 94.0 cm³/mol. The molecule has 0 aromatic heterocycles. The lowest BCUT2D eigenvalue weighted by molar-refractivity contribution is -0.302. The average molecular weight is 343 g/mol. The van der Waals surface area contributed by atoms with E-state index in [0.717, 1.165) is 50.4 Å². The van der Waals surface area contributed by atoms with Crippen LogP contribution in [0, 0.1) is 29.6 Å². The molecule has 0 aromatic rings. The number of halogens is 2. The number of hydrogen-bond donors (Lipinski definition) is 0. The zero-order valence-electron chi connectivity index (χ0n) is 15.6. The molecule has 0 spiro atoms. The molecule has 3 saturated carbocycles. The Balaban J connectivity index is 1.44. The van der Waals surface area contributed by atoms with Crippen molar-refractivity contribution in [2.75, 3.05) is 0 Å². The summed E-state index contributed by atoms with van der Waals surface area (Å²) in [6, 6.07) is 0. The van der Waals surface area contributed by atoms with Crippen molar-refractivity contribution >= 4 is 0 Å². The molecule has 0 amide bonds. The molecule has 0 radical (unpaired) electrons. The summed E-state index contributed by atoms with van der Waals surface area (Å²) >= 11 is 0. The van der Waals surface area contributed by atoms with Gasteiger partial charge in [0, 0.05) is 0 Å². The molecule has 0 aromatic carbocycles. The summed E-state index contributed by atoms with van der Waals surface area (Å²) in [5.41, 5.74) is 0. The molecule has 0 atom stereocenters. The zero-order chi connectivity index (χ0) is 17.2. The van der Waals surface area contributed by atoms with Gasteiger partial charge in [0.2, 0.25) is 0 Å². The molecule has 0 N–H and O–H groups in total. The van der Waals surface area contributed by atoms with Gasteiger partial charge in [-0.05, 0) is 87.9 Å². The maximum atomic E-state index is 14.6. The molecule has 0 saturated heterocycles. The highest BCUT2D eigenvalue weighted by atomic mass is 19.3. The van der Waals surface area contributed by atoms with Crippen molar-refractivity contribution in [1.82, 2.24) is 0 Å². The van der Waals surface area contributed by atoms with Crippen molar-refractivity contribution in [3.8, 4) is 0 Å². The van der Waals surface area contributed by atoms with Gasteiger partial charge in [-0.1, -0.05) is 26.7 Å². The van der Waals surface area contributed by atoms with Gasteiger partial charge in [-0.15, -0.1) is 0 Å². The smallest absolute Gasteiger partial charge is 0.317 e. The van der Waals surface area contributed by atoms with Gasteiger partial charge in [-0.3, -0.25) is 0 Å². The molecule has 3 heteroatoms. The standard InChI is InChI=1S/C21H36F2O/c1-15-3-7-17(8-4-15)18-9-11-19(12-10-18)21(22,23)24-20-13-5-16(2)6-14-20/h15-20H,3-14H2,1-2H3. The molecular weight excluding hydrogens is 306 g/mol. The van der Waals surface area contributed by atoms with Gasteiger partial charge < -0.3 is 4.74 Å². The van der Waals surface area contributed by atoms with Crippen LogP contribution in [-0.4, -0.2) is 12.2 Å². The number of alkyl halides is 2. The number of ether oxygens (including phenoxy) is 1. The second-order valence-electron chi connectivity index (χ2n) is 9.19. The predicted octanol–water partition coefficient (Wildman–Crippen LogP) is 6.81. The van der Waals surface area contributed by atoms with E-state index in [1.54, 1.807) is 0 Å². The van der Waals surface area contributed by atoms with E-state index < -0.39 is 12.0 Å². The Morgan fingerprint density at radius 3 is 1.54 bits per heavy atom. The quantitative estimate of drug-likeness (QED) is 0.545. The van der Waals surface area contributed by atoms with Crippen molar-refractivity contribution in [3.63, 3.8) is 0 Å². The van der Waals surface area contributed by atoms with Crippen molar-refractivity contribution in [2.45, 2.75) is 103 Å². The second-order valence-corrected chi connectivity index (χ2v) is 9.19. The van der Waals surface area contributed by atoms with Crippen LogP contribution in [0.15, 0.2) is 0 Å². The lowest BCUT2D eigenvalue weighted by atomic mass is 9.69. The van der Waals surface area contributed by atoms with Crippen LogP contribution in [0.4, 0.5) is 8.78 Å². The fourth-order valence-electron chi connectivity index (χ4n) is 5.35. The summed E-state index contributed by atoms with van der Waals surface area (Å²) in [7, 11) is 0. The monoisotopic (exact) mass is 342 g/mol. The first-order valence-corrected chi connectivity index (χ1v) is 10.5. The summed E-state index contributed by atoms with van der Waals surface area (Å²) in [6.45, 7) is 4.55. The van der Waals surface area contributed by atoms with Gasteiger partial charge in [0.15, 0.2) is 0 Å². The first kappa shape index (κ1) is 18.6. The summed E-state index contributed by atoms with van der Waals surface area (Å²) in [5, 5.41) is 0. The largest absolute Gasteiger partial charge is 0.358 e. The molecule has 3 aliphatic carbocycles. The third kappa shape index (κ3) is 4.71. The van der Waals surface area contributed by atoms with E-state index in [2.05, 4.69) is 13.8 Å². The molecular formula is C21H36F2O. The van der Waals surface area contributed by atoms with Crippen LogP contribution < -0.4 is 0 Å². The average Bonchev–Trinajstić information content (AvgIpc) is 2.58.